The van der Waals surface area contributed by atoms with Gasteiger partial charge in [0.1, 0.15) is 11.6 Å². The lowest BCUT2D eigenvalue weighted by Gasteiger charge is -2.15. The van der Waals surface area contributed by atoms with Gasteiger partial charge in [0.25, 0.3) is 5.91 Å². The topological polar surface area (TPSA) is 100 Å². The fourth-order valence-electron chi connectivity index (χ4n) is 3.72. The van der Waals surface area contributed by atoms with Gasteiger partial charge in [-0.3, -0.25) is 19.1 Å². The quantitative estimate of drug-likeness (QED) is 0.719. The minimum atomic E-state index is -0.665. The maximum Gasteiger partial charge on any atom is 0.257 e. The number of aromatic amines is 1. The summed E-state index contributed by atoms with van der Waals surface area (Å²) in [6, 6.07) is 3.08. The van der Waals surface area contributed by atoms with E-state index < -0.39 is 11.9 Å². The number of carbonyl (C=O) groups is 2. The van der Waals surface area contributed by atoms with Crippen molar-refractivity contribution in [2.24, 2.45) is 7.05 Å². The summed E-state index contributed by atoms with van der Waals surface area (Å²) in [6.45, 7) is 4.31. The monoisotopic (exact) mass is 379 g/mol. The summed E-state index contributed by atoms with van der Waals surface area (Å²) >= 11 is 0. The highest BCUT2D eigenvalue weighted by atomic mass is 16.2. The number of aromatic nitrogens is 3. The third-order valence-electron chi connectivity index (χ3n) is 5.09. The summed E-state index contributed by atoms with van der Waals surface area (Å²) in [5.74, 6) is -0.751. The first-order valence-electron chi connectivity index (χ1n) is 9.08. The third kappa shape index (κ3) is 2.96. The van der Waals surface area contributed by atoms with E-state index in [-0.39, 0.29) is 16.9 Å². The molecule has 0 bridgehead atoms. The number of aryl methyl sites for hydroxylation is 3. The Hall–Kier alpha value is -3.42. The van der Waals surface area contributed by atoms with E-state index in [1.54, 1.807) is 35.1 Å². The van der Waals surface area contributed by atoms with Gasteiger partial charge < -0.3 is 15.2 Å². The highest BCUT2D eigenvalue weighted by Crippen LogP contribution is 2.21. The average Bonchev–Trinajstić information content (AvgIpc) is 3.22. The van der Waals surface area contributed by atoms with Crippen LogP contribution in [0.4, 0.5) is 5.69 Å². The van der Waals surface area contributed by atoms with Gasteiger partial charge in [0.2, 0.25) is 11.3 Å². The second kappa shape index (κ2) is 6.63. The van der Waals surface area contributed by atoms with Gasteiger partial charge >= 0.3 is 0 Å². The second-order valence-corrected chi connectivity index (χ2v) is 7.21. The lowest BCUT2D eigenvalue weighted by molar-refractivity contribution is -0.118. The van der Waals surface area contributed by atoms with Gasteiger partial charge in [-0.05, 0) is 37.5 Å². The SMILES string of the molecule is Cc1cc(C)c2[nH]cc(C(=O)NC3CCN(c4cnn(C)c4)C3=O)c(=O)c2c1. The number of fused-ring (bicyclic) bond motifs is 1. The molecule has 4 rings (SSSR count). The van der Waals surface area contributed by atoms with Gasteiger partial charge in [0, 0.05) is 31.4 Å². The molecule has 0 spiro atoms. The van der Waals surface area contributed by atoms with Crippen LogP contribution >= 0.6 is 0 Å². The molecule has 0 radical (unpaired) electrons. The Balaban J connectivity index is 1.58. The number of pyridine rings is 1. The number of carbonyl (C=O) groups excluding carboxylic acids is 2. The molecule has 2 amide bonds. The zero-order chi connectivity index (χ0) is 20.0. The molecule has 28 heavy (non-hydrogen) atoms. The Morgan fingerprint density at radius 1 is 1.29 bits per heavy atom. The molecule has 144 valence electrons. The predicted octanol–water partition coefficient (Wildman–Crippen LogP) is 1.41. The highest BCUT2D eigenvalue weighted by Gasteiger charge is 2.34. The van der Waals surface area contributed by atoms with E-state index in [0.29, 0.717) is 29.6 Å². The Morgan fingerprint density at radius 3 is 2.79 bits per heavy atom. The molecule has 1 saturated heterocycles. The zero-order valence-corrected chi connectivity index (χ0v) is 15.9. The standard InChI is InChI=1S/C20H21N5O3/c1-11-6-12(2)17-14(7-11)18(26)15(9-21-17)19(27)23-16-4-5-25(20(16)28)13-8-22-24(3)10-13/h6-10,16H,4-5H2,1-3H3,(H,21,26)(H,23,27). The van der Waals surface area contributed by atoms with Crippen molar-refractivity contribution in [3.8, 4) is 0 Å². The molecular weight excluding hydrogens is 358 g/mol. The summed E-state index contributed by atoms with van der Waals surface area (Å²) in [5.41, 5.74) is 2.96. The fraction of sp³-hybridized carbons (Fsp3) is 0.300. The van der Waals surface area contributed by atoms with Crippen LogP contribution in [-0.2, 0) is 11.8 Å². The zero-order valence-electron chi connectivity index (χ0n) is 15.9. The summed E-state index contributed by atoms with van der Waals surface area (Å²) < 4.78 is 1.62. The molecule has 2 aromatic heterocycles. The molecule has 1 aliphatic rings. The number of rotatable bonds is 3. The fourth-order valence-corrected chi connectivity index (χ4v) is 3.72. The van der Waals surface area contributed by atoms with E-state index in [4.69, 9.17) is 0 Å². The minimum absolute atomic E-state index is 0.00475. The van der Waals surface area contributed by atoms with Crippen LogP contribution in [-0.4, -0.2) is 39.2 Å². The van der Waals surface area contributed by atoms with Gasteiger partial charge in [0.05, 0.1) is 17.4 Å². The van der Waals surface area contributed by atoms with Gasteiger partial charge in [-0.25, -0.2) is 0 Å². The summed E-state index contributed by atoms with van der Waals surface area (Å²) in [7, 11) is 1.78. The molecule has 1 unspecified atom stereocenters. The third-order valence-corrected chi connectivity index (χ3v) is 5.09. The molecular formula is C20H21N5O3. The predicted molar refractivity (Wildman–Crippen MR) is 105 cm³/mol. The van der Waals surface area contributed by atoms with E-state index in [2.05, 4.69) is 15.4 Å². The van der Waals surface area contributed by atoms with Gasteiger partial charge in [-0.2, -0.15) is 5.10 Å². The molecule has 8 nitrogen and oxygen atoms in total. The molecule has 1 aliphatic heterocycles. The lowest BCUT2D eigenvalue weighted by Crippen LogP contribution is -2.42. The van der Waals surface area contributed by atoms with E-state index >= 15 is 0 Å². The molecule has 8 heteroatoms. The van der Waals surface area contributed by atoms with Gasteiger partial charge in [-0.15, -0.1) is 0 Å². The van der Waals surface area contributed by atoms with Crippen LogP contribution in [0.3, 0.4) is 0 Å². The Labute approximate surface area is 161 Å². The summed E-state index contributed by atoms with van der Waals surface area (Å²) in [6.07, 6.45) is 5.26. The minimum Gasteiger partial charge on any atom is -0.360 e. The first-order valence-corrected chi connectivity index (χ1v) is 9.08. The van der Waals surface area contributed by atoms with Crippen LogP contribution in [0.15, 0.2) is 35.5 Å². The van der Waals surface area contributed by atoms with Crippen LogP contribution in [0.5, 0.6) is 0 Å². The van der Waals surface area contributed by atoms with Crippen LogP contribution in [0.25, 0.3) is 10.9 Å². The van der Waals surface area contributed by atoms with Crippen molar-refractivity contribution in [1.82, 2.24) is 20.1 Å². The molecule has 0 aliphatic carbocycles. The van der Waals surface area contributed by atoms with Crippen molar-refractivity contribution in [3.05, 3.63) is 57.6 Å². The van der Waals surface area contributed by atoms with E-state index in [1.165, 1.54) is 6.20 Å². The number of amides is 2. The van der Waals surface area contributed by atoms with E-state index in [9.17, 15) is 14.4 Å². The van der Waals surface area contributed by atoms with Gasteiger partial charge in [0.15, 0.2) is 0 Å². The number of nitrogens with zero attached hydrogens (tertiary/aromatic N) is 3. The van der Waals surface area contributed by atoms with Crippen molar-refractivity contribution < 1.29 is 9.59 Å². The highest BCUT2D eigenvalue weighted by molar-refractivity contribution is 6.04. The molecule has 0 saturated carbocycles. The van der Waals surface area contributed by atoms with Crippen molar-refractivity contribution in [3.63, 3.8) is 0 Å². The largest absolute Gasteiger partial charge is 0.360 e. The summed E-state index contributed by atoms with van der Waals surface area (Å²) in [5, 5.41) is 7.25. The van der Waals surface area contributed by atoms with Crippen molar-refractivity contribution in [2.45, 2.75) is 26.3 Å². The van der Waals surface area contributed by atoms with Crippen LogP contribution < -0.4 is 15.6 Å². The number of hydrogen-bond donors (Lipinski definition) is 2. The number of H-pyrrole nitrogens is 1. The number of nitrogens with one attached hydrogen (secondary N) is 2. The van der Waals surface area contributed by atoms with E-state index in [1.807, 2.05) is 19.9 Å². The number of anilines is 1. The smallest absolute Gasteiger partial charge is 0.257 e. The Kier molecular flexibility index (Phi) is 4.26. The van der Waals surface area contributed by atoms with Crippen molar-refractivity contribution in [2.75, 3.05) is 11.4 Å². The number of benzene rings is 1. The molecule has 2 N–H and O–H groups in total. The summed E-state index contributed by atoms with van der Waals surface area (Å²) in [4.78, 5) is 42.8. The van der Waals surface area contributed by atoms with Crippen molar-refractivity contribution in [1.29, 1.82) is 0 Å². The first-order chi connectivity index (χ1) is 13.3. The Bertz CT molecular complexity index is 1160. The molecule has 1 aromatic carbocycles. The molecule has 1 fully saturated rings. The lowest BCUT2D eigenvalue weighted by atomic mass is 10.0. The average molecular weight is 379 g/mol. The number of hydrogen-bond acceptors (Lipinski definition) is 4. The van der Waals surface area contributed by atoms with E-state index in [0.717, 1.165) is 11.1 Å². The normalized spacial score (nSPS) is 16.8. The second-order valence-electron chi connectivity index (χ2n) is 7.21. The molecule has 3 heterocycles. The van der Waals surface area contributed by atoms with Crippen LogP contribution in [0, 0.1) is 13.8 Å². The maximum absolute atomic E-state index is 12.8. The maximum atomic E-state index is 12.8. The van der Waals surface area contributed by atoms with Crippen molar-refractivity contribution >= 4 is 28.4 Å². The van der Waals surface area contributed by atoms with Crippen LogP contribution in [0.1, 0.15) is 27.9 Å². The molecule has 3 aromatic rings. The Morgan fingerprint density at radius 2 is 2.07 bits per heavy atom. The first kappa shape index (κ1) is 18.0. The molecule has 1 atom stereocenters. The van der Waals surface area contributed by atoms with Gasteiger partial charge in [-0.1, -0.05) is 6.07 Å². The van der Waals surface area contributed by atoms with Crippen LogP contribution in [0.2, 0.25) is 0 Å².